The molecule has 0 aromatic heterocycles. The summed E-state index contributed by atoms with van der Waals surface area (Å²) in [5.74, 6) is 0.0790. The van der Waals surface area contributed by atoms with Gasteiger partial charge in [-0.3, -0.25) is 14.4 Å². The summed E-state index contributed by atoms with van der Waals surface area (Å²) in [6.45, 7) is 2.15. The molecule has 27 heavy (non-hydrogen) atoms. The number of primary amides is 1. The van der Waals surface area contributed by atoms with E-state index in [1.807, 2.05) is 30.3 Å². The number of hydrogen-bond donors (Lipinski definition) is 1. The molecule has 0 saturated carbocycles. The summed E-state index contributed by atoms with van der Waals surface area (Å²) >= 11 is 0. The first kappa shape index (κ1) is 18.4. The van der Waals surface area contributed by atoms with Crippen LogP contribution >= 0.6 is 0 Å². The molecule has 0 spiro atoms. The highest BCUT2D eigenvalue weighted by Crippen LogP contribution is 2.23. The van der Waals surface area contributed by atoms with Crippen molar-refractivity contribution in [1.82, 2.24) is 9.80 Å². The van der Waals surface area contributed by atoms with E-state index >= 15 is 0 Å². The molecule has 1 heterocycles. The largest absolute Gasteiger partial charge is 0.457 e. The Morgan fingerprint density at radius 3 is 2.37 bits per heavy atom. The van der Waals surface area contributed by atoms with Crippen molar-refractivity contribution < 1.29 is 19.1 Å². The van der Waals surface area contributed by atoms with Gasteiger partial charge in [0.05, 0.1) is 6.54 Å². The third kappa shape index (κ3) is 4.25. The van der Waals surface area contributed by atoms with Crippen LogP contribution in [-0.4, -0.2) is 53.2 Å². The van der Waals surface area contributed by atoms with Gasteiger partial charge in [0, 0.05) is 25.6 Å². The third-order valence-electron chi connectivity index (χ3n) is 4.47. The number of carbonyl (C=O) groups is 3. The lowest BCUT2D eigenvalue weighted by Crippen LogP contribution is -2.60. The second kappa shape index (κ2) is 7.90. The molecule has 1 aliphatic rings. The van der Waals surface area contributed by atoms with Crippen molar-refractivity contribution in [3.63, 3.8) is 0 Å². The molecule has 1 atom stereocenters. The van der Waals surface area contributed by atoms with Crippen LogP contribution in [0, 0.1) is 0 Å². The molecule has 2 aromatic rings. The Morgan fingerprint density at radius 2 is 1.70 bits per heavy atom. The lowest BCUT2D eigenvalue weighted by atomic mass is 10.1. The van der Waals surface area contributed by atoms with Crippen molar-refractivity contribution in [2.24, 2.45) is 5.73 Å². The highest BCUT2D eigenvalue weighted by Gasteiger charge is 2.35. The molecule has 1 fully saturated rings. The molecule has 7 nitrogen and oxygen atoms in total. The third-order valence-corrected chi connectivity index (χ3v) is 4.47. The monoisotopic (exact) mass is 367 g/mol. The van der Waals surface area contributed by atoms with E-state index in [0.29, 0.717) is 23.6 Å². The molecule has 2 aromatic carbocycles. The maximum Gasteiger partial charge on any atom is 0.254 e. The molecule has 0 radical (unpaired) electrons. The van der Waals surface area contributed by atoms with Crippen LogP contribution in [-0.2, 0) is 9.59 Å². The number of benzene rings is 2. The van der Waals surface area contributed by atoms with E-state index < -0.39 is 11.9 Å². The number of hydrogen-bond acceptors (Lipinski definition) is 4. The van der Waals surface area contributed by atoms with Crippen LogP contribution in [0.3, 0.4) is 0 Å². The number of para-hydroxylation sites is 1. The Labute approximate surface area is 157 Å². The number of rotatable bonds is 4. The molecule has 3 amide bonds. The molecule has 1 saturated heterocycles. The lowest BCUT2D eigenvalue weighted by molar-refractivity contribution is -0.134. The molecule has 0 unspecified atom stereocenters. The van der Waals surface area contributed by atoms with Gasteiger partial charge in [-0.25, -0.2) is 0 Å². The van der Waals surface area contributed by atoms with Crippen LogP contribution in [0.4, 0.5) is 0 Å². The van der Waals surface area contributed by atoms with Crippen molar-refractivity contribution in [3.8, 4) is 11.5 Å². The molecule has 140 valence electrons. The van der Waals surface area contributed by atoms with Crippen molar-refractivity contribution in [2.75, 3.05) is 19.6 Å². The van der Waals surface area contributed by atoms with E-state index in [0.717, 1.165) is 0 Å². The first-order valence-electron chi connectivity index (χ1n) is 8.64. The van der Waals surface area contributed by atoms with E-state index in [-0.39, 0.29) is 24.9 Å². The van der Waals surface area contributed by atoms with Gasteiger partial charge in [0.2, 0.25) is 11.8 Å². The van der Waals surface area contributed by atoms with Gasteiger partial charge in [-0.05, 0) is 30.3 Å². The van der Waals surface area contributed by atoms with Crippen molar-refractivity contribution in [3.05, 3.63) is 60.2 Å². The number of carbonyl (C=O) groups excluding carboxylic acids is 3. The van der Waals surface area contributed by atoms with Crippen LogP contribution < -0.4 is 10.5 Å². The van der Waals surface area contributed by atoms with E-state index in [1.54, 1.807) is 24.3 Å². The molecule has 2 N–H and O–H groups in total. The van der Waals surface area contributed by atoms with Crippen LogP contribution in [0.1, 0.15) is 17.3 Å². The first-order valence-corrected chi connectivity index (χ1v) is 8.64. The van der Waals surface area contributed by atoms with Gasteiger partial charge in [-0.2, -0.15) is 0 Å². The molecule has 0 bridgehead atoms. The number of amides is 3. The summed E-state index contributed by atoms with van der Waals surface area (Å²) < 4.78 is 5.76. The van der Waals surface area contributed by atoms with Crippen molar-refractivity contribution >= 4 is 17.7 Å². The fourth-order valence-corrected chi connectivity index (χ4v) is 3.04. The average Bonchev–Trinajstić information content (AvgIpc) is 2.68. The standard InChI is InChI=1S/C20H21N3O4/c1-14(24)22-10-11-23(18(13-22)19(21)25)20(26)15-6-5-9-17(12-15)27-16-7-3-2-4-8-16/h2-9,12,18H,10-11,13H2,1H3,(H2,21,25)/t18-/m1/s1. The quantitative estimate of drug-likeness (QED) is 0.889. The van der Waals surface area contributed by atoms with Crippen LogP contribution in [0.5, 0.6) is 11.5 Å². The van der Waals surface area contributed by atoms with Gasteiger partial charge in [0.15, 0.2) is 0 Å². The van der Waals surface area contributed by atoms with Crippen molar-refractivity contribution in [1.29, 1.82) is 0 Å². The molecule has 1 aliphatic heterocycles. The highest BCUT2D eigenvalue weighted by molar-refractivity contribution is 5.98. The van der Waals surface area contributed by atoms with Gasteiger partial charge in [0.1, 0.15) is 17.5 Å². The number of nitrogens with two attached hydrogens (primary N) is 1. The minimum absolute atomic E-state index is 0.108. The maximum atomic E-state index is 13.0. The number of nitrogens with zero attached hydrogens (tertiary/aromatic N) is 2. The number of piperazine rings is 1. The smallest absolute Gasteiger partial charge is 0.254 e. The number of ether oxygens (including phenoxy) is 1. The zero-order chi connectivity index (χ0) is 19.4. The Bertz CT molecular complexity index is 853. The SMILES string of the molecule is CC(=O)N1CCN(C(=O)c2cccc(Oc3ccccc3)c2)[C@@H](C(N)=O)C1. The lowest BCUT2D eigenvalue weighted by Gasteiger charge is -2.39. The predicted molar refractivity (Wildman–Crippen MR) is 99.2 cm³/mol. The summed E-state index contributed by atoms with van der Waals surface area (Å²) in [7, 11) is 0. The Morgan fingerprint density at radius 1 is 1.00 bits per heavy atom. The molecule has 3 rings (SSSR count). The topological polar surface area (TPSA) is 92.9 Å². The molecular weight excluding hydrogens is 346 g/mol. The maximum absolute atomic E-state index is 13.0. The van der Waals surface area contributed by atoms with E-state index in [2.05, 4.69) is 0 Å². The van der Waals surface area contributed by atoms with Crippen LogP contribution in [0.2, 0.25) is 0 Å². The molecule has 7 heteroatoms. The Balaban J connectivity index is 1.79. The average molecular weight is 367 g/mol. The van der Waals surface area contributed by atoms with E-state index in [4.69, 9.17) is 10.5 Å². The predicted octanol–water partition coefficient (Wildman–Crippen LogP) is 1.64. The summed E-state index contributed by atoms with van der Waals surface area (Å²) in [6.07, 6.45) is 0. The summed E-state index contributed by atoms with van der Waals surface area (Å²) in [5.41, 5.74) is 5.87. The van der Waals surface area contributed by atoms with Crippen LogP contribution in [0.25, 0.3) is 0 Å². The van der Waals surface area contributed by atoms with E-state index in [9.17, 15) is 14.4 Å². The van der Waals surface area contributed by atoms with E-state index in [1.165, 1.54) is 16.7 Å². The first-order chi connectivity index (χ1) is 13.0. The normalized spacial score (nSPS) is 16.7. The summed E-state index contributed by atoms with van der Waals surface area (Å²) in [6, 6.07) is 15.1. The van der Waals surface area contributed by atoms with Crippen LogP contribution in [0.15, 0.2) is 54.6 Å². The zero-order valence-electron chi connectivity index (χ0n) is 15.0. The second-order valence-corrected chi connectivity index (χ2v) is 6.32. The van der Waals surface area contributed by atoms with Crippen molar-refractivity contribution in [2.45, 2.75) is 13.0 Å². The van der Waals surface area contributed by atoms with Gasteiger partial charge < -0.3 is 20.3 Å². The molecular formula is C20H21N3O4. The fourth-order valence-electron chi connectivity index (χ4n) is 3.04. The summed E-state index contributed by atoms with van der Waals surface area (Å²) in [5, 5.41) is 0. The minimum atomic E-state index is -0.853. The van der Waals surface area contributed by atoms with Gasteiger partial charge in [0.25, 0.3) is 5.91 Å². The highest BCUT2D eigenvalue weighted by atomic mass is 16.5. The molecule has 0 aliphatic carbocycles. The Hall–Kier alpha value is -3.35. The fraction of sp³-hybridized carbons (Fsp3) is 0.250. The Kier molecular flexibility index (Phi) is 5.40. The zero-order valence-corrected chi connectivity index (χ0v) is 15.0. The second-order valence-electron chi connectivity index (χ2n) is 6.32. The van der Waals surface area contributed by atoms with Gasteiger partial charge in [-0.1, -0.05) is 24.3 Å². The summed E-state index contributed by atoms with van der Waals surface area (Å²) in [4.78, 5) is 39.3. The van der Waals surface area contributed by atoms with Gasteiger partial charge >= 0.3 is 0 Å². The minimum Gasteiger partial charge on any atom is -0.457 e. The van der Waals surface area contributed by atoms with Gasteiger partial charge in [-0.15, -0.1) is 0 Å².